The Balaban J connectivity index is 1.14. The Labute approximate surface area is 194 Å². The molecule has 33 heavy (non-hydrogen) atoms. The first-order chi connectivity index (χ1) is 16.1. The zero-order chi connectivity index (χ0) is 22.5. The van der Waals surface area contributed by atoms with Gasteiger partial charge in [-0.1, -0.05) is 30.3 Å². The number of fused-ring (bicyclic) bond motifs is 4. The van der Waals surface area contributed by atoms with Crippen LogP contribution in [0.3, 0.4) is 0 Å². The number of nitrogens with one attached hydrogen (secondary N) is 2. The molecule has 2 fully saturated rings. The van der Waals surface area contributed by atoms with Crippen molar-refractivity contribution in [3.63, 3.8) is 0 Å². The number of hydrogen-bond acceptors (Lipinski definition) is 5. The van der Waals surface area contributed by atoms with Crippen LogP contribution < -0.4 is 5.32 Å². The first kappa shape index (κ1) is 20.3. The SMILES string of the molecule is O=C(Nc1nc2ccccc2[nH]1)[C@H]1CCCN(C(=O)[C@H]2CS[C@H]3c4ccccc4C(=O)N23)C1. The standard InChI is InChI=1S/C24H23N5O3S/c30-20(27-24-25-17-9-3-4-10-18(17)26-24)14-6-5-11-28(12-14)22(32)19-13-33-23-16-8-2-1-7-15(16)21(31)29(19)23/h1-4,7-10,14,19,23H,5-6,11-13H2,(H2,25,26,27,30)/t14-,19+,23-/m0/s1. The molecule has 3 aliphatic rings. The molecule has 8 nitrogen and oxygen atoms in total. The molecule has 0 aliphatic carbocycles. The van der Waals surface area contributed by atoms with E-state index in [1.165, 1.54) is 0 Å². The van der Waals surface area contributed by atoms with E-state index in [1.807, 2.05) is 48.5 Å². The number of aromatic amines is 1. The molecule has 4 heterocycles. The van der Waals surface area contributed by atoms with Crippen LogP contribution in [0.4, 0.5) is 5.95 Å². The molecule has 2 N–H and O–H groups in total. The molecule has 0 spiro atoms. The molecule has 2 aromatic carbocycles. The fraction of sp³-hybridized carbons (Fsp3) is 0.333. The van der Waals surface area contributed by atoms with E-state index in [9.17, 15) is 14.4 Å². The lowest BCUT2D eigenvalue weighted by Crippen LogP contribution is -2.52. The van der Waals surface area contributed by atoms with Crippen LogP contribution in [-0.4, -0.2) is 62.4 Å². The summed E-state index contributed by atoms with van der Waals surface area (Å²) < 4.78 is 0. The van der Waals surface area contributed by atoms with Crippen molar-refractivity contribution < 1.29 is 14.4 Å². The second-order valence-electron chi connectivity index (χ2n) is 8.72. The largest absolute Gasteiger partial charge is 0.340 e. The minimum atomic E-state index is -0.489. The van der Waals surface area contributed by atoms with Crippen molar-refractivity contribution >= 4 is 46.5 Å². The predicted octanol–water partition coefficient (Wildman–Crippen LogP) is 3.01. The van der Waals surface area contributed by atoms with Gasteiger partial charge >= 0.3 is 0 Å². The molecule has 3 aliphatic heterocycles. The first-order valence-electron chi connectivity index (χ1n) is 11.2. The molecule has 9 heteroatoms. The Morgan fingerprint density at radius 3 is 2.82 bits per heavy atom. The Bertz CT molecular complexity index is 1240. The number of piperidine rings is 1. The van der Waals surface area contributed by atoms with Crippen molar-refractivity contribution in [2.75, 3.05) is 24.2 Å². The number of imidazole rings is 1. The normalized spacial score (nSPS) is 24.1. The van der Waals surface area contributed by atoms with Crippen molar-refractivity contribution in [1.82, 2.24) is 19.8 Å². The summed E-state index contributed by atoms with van der Waals surface area (Å²) in [5.74, 6) is 0.403. The lowest BCUT2D eigenvalue weighted by molar-refractivity contribution is -0.138. The number of hydrogen-bond donors (Lipinski definition) is 2. The first-order valence-corrected chi connectivity index (χ1v) is 12.2. The van der Waals surface area contributed by atoms with Crippen LogP contribution in [-0.2, 0) is 9.59 Å². The van der Waals surface area contributed by atoms with E-state index in [4.69, 9.17) is 0 Å². The van der Waals surface area contributed by atoms with Crippen molar-refractivity contribution in [2.24, 2.45) is 5.92 Å². The lowest BCUT2D eigenvalue weighted by atomic mass is 9.96. The van der Waals surface area contributed by atoms with Gasteiger partial charge in [-0.05, 0) is 36.6 Å². The molecular weight excluding hydrogens is 438 g/mol. The van der Waals surface area contributed by atoms with E-state index in [0.29, 0.717) is 36.8 Å². The van der Waals surface area contributed by atoms with Gasteiger partial charge in [-0.15, -0.1) is 11.8 Å². The summed E-state index contributed by atoms with van der Waals surface area (Å²) in [6, 6.07) is 14.7. The van der Waals surface area contributed by atoms with Gasteiger partial charge in [0.1, 0.15) is 11.4 Å². The quantitative estimate of drug-likeness (QED) is 0.625. The second-order valence-corrected chi connectivity index (χ2v) is 9.83. The maximum Gasteiger partial charge on any atom is 0.256 e. The van der Waals surface area contributed by atoms with Crippen LogP contribution in [0.1, 0.15) is 34.1 Å². The molecular formula is C24H23N5O3S. The van der Waals surface area contributed by atoms with Gasteiger partial charge < -0.3 is 14.8 Å². The van der Waals surface area contributed by atoms with Gasteiger partial charge in [-0.3, -0.25) is 19.7 Å². The topological polar surface area (TPSA) is 98.4 Å². The van der Waals surface area contributed by atoms with E-state index in [2.05, 4.69) is 15.3 Å². The number of carbonyl (C=O) groups excluding carboxylic acids is 3. The fourth-order valence-electron chi connectivity index (χ4n) is 5.06. The monoisotopic (exact) mass is 461 g/mol. The number of benzene rings is 2. The number of anilines is 1. The second kappa shape index (κ2) is 7.91. The van der Waals surface area contributed by atoms with Gasteiger partial charge in [-0.2, -0.15) is 0 Å². The minimum absolute atomic E-state index is 0.0626. The molecule has 2 saturated heterocycles. The Morgan fingerprint density at radius 2 is 1.94 bits per heavy atom. The van der Waals surface area contributed by atoms with E-state index in [0.717, 1.165) is 23.0 Å². The molecule has 3 aromatic rings. The number of rotatable bonds is 3. The van der Waals surface area contributed by atoms with Crippen molar-refractivity contribution in [3.8, 4) is 0 Å². The Hall–Kier alpha value is -3.33. The summed E-state index contributed by atoms with van der Waals surface area (Å²) in [4.78, 5) is 50.4. The number of thioether (sulfide) groups is 1. The maximum absolute atomic E-state index is 13.5. The van der Waals surface area contributed by atoms with Crippen LogP contribution in [0.25, 0.3) is 11.0 Å². The minimum Gasteiger partial charge on any atom is -0.340 e. The van der Waals surface area contributed by atoms with E-state index >= 15 is 0 Å². The van der Waals surface area contributed by atoms with Gasteiger partial charge in [0, 0.05) is 24.4 Å². The molecule has 0 saturated carbocycles. The highest BCUT2D eigenvalue weighted by atomic mass is 32.2. The molecule has 6 rings (SSSR count). The van der Waals surface area contributed by atoms with Crippen LogP contribution in [0.5, 0.6) is 0 Å². The van der Waals surface area contributed by atoms with Gasteiger partial charge in [0.2, 0.25) is 17.8 Å². The number of para-hydroxylation sites is 2. The van der Waals surface area contributed by atoms with Crippen molar-refractivity contribution in [1.29, 1.82) is 0 Å². The zero-order valence-electron chi connectivity index (χ0n) is 17.9. The predicted molar refractivity (Wildman–Crippen MR) is 126 cm³/mol. The number of amides is 3. The van der Waals surface area contributed by atoms with Gasteiger partial charge in [-0.25, -0.2) is 4.98 Å². The summed E-state index contributed by atoms with van der Waals surface area (Å²) >= 11 is 1.64. The maximum atomic E-state index is 13.5. The van der Waals surface area contributed by atoms with Crippen molar-refractivity contribution in [2.45, 2.75) is 24.3 Å². The molecule has 1 aromatic heterocycles. The molecule has 3 amide bonds. The summed E-state index contributed by atoms with van der Waals surface area (Å²) in [7, 11) is 0. The van der Waals surface area contributed by atoms with Crippen LogP contribution in [0, 0.1) is 5.92 Å². The third-order valence-corrected chi connectivity index (χ3v) is 8.02. The van der Waals surface area contributed by atoms with E-state index < -0.39 is 6.04 Å². The van der Waals surface area contributed by atoms with Crippen LogP contribution in [0.15, 0.2) is 48.5 Å². The molecule has 3 atom stereocenters. The highest BCUT2D eigenvalue weighted by molar-refractivity contribution is 7.99. The van der Waals surface area contributed by atoms with Gasteiger partial charge in [0.05, 0.1) is 17.0 Å². The summed E-state index contributed by atoms with van der Waals surface area (Å²) in [6.45, 7) is 0.958. The highest BCUT2D eigenvalue weighted by Crippen LogP contribution is 2.48. The molecule has 168 valence electrons. The summed E-state index contributed by atoms with van der Waals surface area (Å²) in [6.07, 6.45) is 1.47. The smallest absolute Gasteiger partial charge is 0.256 e. The zero-order valence-corrected chi connectivity index (χ0v) is 18.7. The van der Waals surface area contributed by atoms with E-state index in [1.54, 1.807) is 21.6 Å². The highest BCUT2D eigenvalue weighted by Gasteiger charge is 2.49. The average Bonchev–Trinajstić information content (AvgIpc) is 3.53. The number of nitrogens with zero attached hydrogens (tertiary/aromatic N) is 3. The Morgan fingerprint density at radius 1 is 1.12 bits per heavy atom. The Kier molecular flexibility index (Phi) is 4.86. The summed E-state index contributed by atoms with van der Waals surface area (Å²) in [5, 5.41) is 2.78. The lowest BCUT2D eigenvalue weighted by Gasteiger charge is -2.35. The molecule has 0 bridgehead atoms. The average molecular weight is 462 g/mol. The van der Waals surface area contributed by atoms with Gasteiger partial charge in [0.15, 0.2) is 0 Å². The van der Waals surface area contributed by atoms with Crippen LogP contribution >= 0.6 is 11.8 Å². The van der Waals surface area contributed by atoms with Crippen LogP contribution in [0.2, 0.25) is 0 Å². The molecule has 0 radical (unpaired) electrons. The number of carbonyl (C=O) groups is 3. The van der Waals surface area contributed by atoms with Crippen molar-refractivity contribution in [3.05, 3.63) is 59.7 Å². The fourth-order valence-corrected chi connectivity index (χ4v) is 6.52. The number of likely N-dealkylation sites (tertiary alicyclic amines) is 1. The van der Waals surface area contributed by atoms with E-state index in [-0.39, 0.29) is 29.0 Å². The third kappa shape index (κ3) is 3.38. The number of aromatic nitrogens is 2. The third-order valence-electron chi connectivity index (χ3n) is 6.71. The van der Waals surface area contributed by atoms with Gasteiger partial charge in [0.25, 0.3) is 5.91 Å². The summed E-state index contributed by atoms with van der Waals surface area (Å²) in [5.41, 5.74) is 3.33. The molecule has 0 unspecified atom stereocenters. The number of H-pyrrole nitrogens is 1.